The number of likely N-dealkylation sites (tertiary alicyclic amines) is 1. The lowest BCUT2D eigenvalue weighted by atomic mass is 10.0. The van der Waals surface area contributed by atoms with E-state index in [4.69, 9.17) is 4.74 Å². The maximum Gasteiger partial charge on any atom is 0.195 e. The molecule has 2 aromatic rings. The molecule has 3 atom stereocenters. The number of nitrogens with zero attached hydrogens (tertiary/aromatic N) is 2. The second kappa shape index (κ2) is 7.23. The van der Waals surface area contributed by atoms with Crippen LogP contribution in [0.4, 0.5) is 8.78 Å². The first kappa shape index (κ1) is 17.9. The number of carbonyl (C=O) groups is 1. The van der Waals surface area contributed by atoms with Crippen molar-refractivity contribution in [3.63, 3.8) is 0 Å². The van der Waals surface area contributed by atoms with E-state index in [0.717, 1.165) is 38.2 Å². The Morgan fingerprint density at radius 3 is 2.48 bits per heavy atom. The average molecular weight is 374 g/mol. The van der Waals surface area contributed by atoms with E-state index in [-0.39, 0.29) is 29.9 Å². The summed E-state index contributed by atoms with van der Waals surface area (Å²) in [5.74, 6) is -0.363. The highest BCUT2D eigenvalue weighted by atomic mass is 19.1. The Morgan fingerprint density at radius 1 is 1.19 bits per heavy atom. The number of ketones is 1. The largest absolute Gasteiger partial charge is 0.504 e. The van der Waals surface area contributed by atoms with E-state index in [1.54, 1.807) is 12.1 Å². The summed E-state index contributed by atoms with van der Waals surface area (Å²) in [4.78, 5) is 18.2. The number of Topliss-reactive ketones (excluding diaryl/α,β-unsaturated/α-hetero) is 1. The quantitative estimate of drug-likeness (QED) is 0.815. The van der Waals surface area contributed by atoms with Crippen LogP contribution in [0.15, 0.2) is 36.5 Å². The molecule has 5 nitrogen and oxygen atoms in total. The smallest absolute Gasteiger partial charge is 0.195 e. The molecule has 2 fully saturated rings. The van der Waals surface area contributed by atoms with Crippen molar-refractivity contribution in [2.45, 2.75) is 18.9 Å². The number of carbonyl (C=O) groups excluding carboxylic acids is 1. The number of fused-ring (bicyclic) bond motifs is 1. The van der Waals surface area contributed by atoms with Gasteiger partial charge in [0.1, 0.15) is 17.3 Å². The fraction of sp³-hybridized carbons (Fsp3) is 0.400. The third kappa shape index (κ3) is 3.93. The standard InChI is InChI=1S/C20H20F2N2O3/c21-14-1-3-15(4-2-14)27-16-5-12-9-24(10-13(12)6-16)11-20(26)18-7-17(22)19(25)8-23-18/h1-4,7-8,12-13,16,25H,5-6,9-11H2/t12-,13+,16-. The number of halogens is 2. The van der Waals surface area contributed by atoms with Crippen LogP contribution in [0.3, 0.4) is 0 Å². The van der Waals surface area contributed by atoms with Crippen LogP contribution in [0.2, 0.25) is 0 Å². The molecular formula is C20H20F2N2O3. The van der Waals surface area contributed by atoms with Crippen molar-refractivity contribution < 1.29 is 23.4 Å². The minimum absolute atomic E-state index is 0.0277. The summed E-state index contributed by atoms with van der Waals surface area (Å²) in [5, 5.41) is 9.17. The molecule has 1 saturated heterocycles. The zero-order valence-corrected chi connectivity index (χ0v) is 14.6. The van der Waals surface area contributed by atoms with Gasteiger partial charge in [0, 0.05) is 19.2 Å². The third-order valence-electron chi connectivity index (χ3n) is 5.39. The van der Waals surface area contributed by atoms with E-state index >= 15 is 0 Å². The predicted octanol–water partition coefficient (Wildman–Crippen LogP) is 3.04. The van der Waals surface area contributed by atoms with Gasteiger partial charge in [0.25, 0.3) is 0 Å². The van der Waals surface area contributed by atoms with Crippen molar-refractivity contribution in [2.24, 2.45) is 11.8 Å². The monoisotopic (exact) mass is 374 g/mol. The first-order valence-corrected chi connectivity index (χ1v) is 9.00. The summed E-state index contributed by atoms with van der Waals surface area (Å²) in [5.41, 5.74) is 0.0277. The number of pyridine rings is 1. The number of ether oxygens (including phenoxy) is 1. The molecule has 1 aromatic carbocycles. The van der Waals surface area contributed by atoms with Crippen molar-refractivity contribution in [3.05, 3.63) is 53.9 Å². The maximum atomic E-state index is 13.4. The van der Waals surface area contributed by atoms with Crippen molar-refractivity contribution >= 4 is 5.78 Å². The molecule has 2 heterocycles. The number of hydrogen-bond donors (Lipinski definition) is 1. The van der Waals surface area contributed by atoms with Crippen LogP contribution in [0.5, 0.6) is 11.5 Å². The van der Waals surface area contributed by atoms with E-state index in [1.165, 1.54) is 12.1 Å². The number of benzene rings is 1. The van der Waals surface area contributed by atoms with E-state index in [0.29, 0.717) is 17.6 Å². The molecule has 0 unspecified atom stereocenters. The molecule has 142 valence electrons. The first-order chi connectivity index (χ1) is 13.0. The molecule has 0 amide bonds. The summed E-state index contributed by atoms with van der Waals surface area (Å²) in [6, 6.07) is 7.02. The average Bonchev–Trinajstić information content (AvgIpc) is 3.17. The minimum atomic E-state index is -0.840. The summed E-state index contributed by atoms with van der Waals surface area (Å²) in [6.45, 7) is 1.77. The molecule has 2 aliphatic rings. The molecule has 1 aromatic heterocycles. The highest BCUT2D eigenvalue weighted by Crippen LogP contribution is 2.39. The second-order valence-electron chi connectivity index (χ2n) is 7.32. The fourth-order valence-electron chi connectivity index (χ4n) is 4.13. The Hall–Kier alpha value is -2.54. The van der Waals surface area contributed by atoms with E-state index in [2.05, 4.69) is 9.88 Å². The summed E-state index contributed by atoms with van der Waals surface area (Å²) in [7, 11) is 0. The van der Waals surface area contributed by atoms with Gasteiger partial charge in [-0.25, -0.2) is 13.8 Å². The lowest BCUT2D eigenvalue weighted by molar-refractivity contribution is 0.0931. The van der Waals surface area contributed by atoms with Gasteiger partial charge in [0.05, 0.1) is 18.8 Å². The molecule has 1 aliphatic carbocycles. The highest BCUT2D eigenvalue weighted by Gasteiger charge is 2.42. The third-order valence-corrected chi connectivity index (χ3v) is 5.39. The van der Waals surface area contributed by atoms with Gasteiger partial charge >= 0.3 is 0 Å². The van der Waals surface area contributed by atoms with Gasteiger partial charge in [-0.05, 0) is 48.9 Å². The first-order valence-electron chi connectivity index (χ1n) is 9.00. The molecule has 1 N–H and O–H groups in total. The Bertz CT molecular complexity index is 830. The molecule has 1 aliphatic heterocycles. The molecule has 4 rings (SSSR count). The zero-order valence-electron chi connectivity index (χ0n) is 14.6. The molecular weight excluding hydrogens is 354 g/mol. The molecule has 0 spiro atoms. The Kier molecular flexibility index (Phi) is 4.78. The molecule has 1 saturated carbocycles. The maximum absolute atomic E-state index is 13.4. The van der Waals surface area contributed by atoms with Crippen LogP contribution in [0.25, 0.3) is 0 Å². The van der Waals surface area contributed by atoms with Gasteiger partial charge in [0.2, 0.25) is 0 Å². The SMILES string of the molecule is O=C(CN1C[C@H]2C[C@@H](Oc3ccc(F)cc3)C[C@H]2C1)c1cc(F)c(O)cn1. The van der Waals surface area contributed by atoms with Crippen LogP contribution < -0.4 is 4.74 Å². The lowest BCUT2D eigenvalue weighted by Crippen LogP contribution is -2.30. The van der Waals surface area contributed by atoms with Crippen molar-refractivity contribution in [2.75, 3.05) is 19.6 Å². The van der Waals surface area contributed by atoms with Gasteiger partial charge in [-0.15, -0.1) is 0 Å². The summed E-state index contributed by atoms with van der Waals surface area (Å²) in [6.07, 6.45) is 2.87. The molecule has 0 radical (unpaired) electrons. The summed E-state index contributed by atoms with van der Waals surface area (Å²) < 4.78 is 32.3. The minimum Gasteiger partial charge on any atom is -0.504 e. The van der Waals surface area contributed by atoms with E-state index in [9.17, 15) is 18.7 Å². The normalized spacial score (nSPS) is 24.7. The van der Waals surface area contributed by atoms with Gasteiger partial charge in [-0.3, -0.25) is 9.69 Å². The fourth-order valence-corrected chi connectivity index (χ4v) is 4.13. The Balaban J connectivity index is 1.30. The van der Waals surface area contributed by atoms with E-state index < -0.39 is 11.6 Å². The lowest BCUT2D eigenvalue weighted by Gasteiger charge is -2.19. The Labute approximate surface area is 155 Å². The number of rotatable bonds is 5. The number of hydrogen-bond acceptors (Lipinski definition) is 5. The van der Waals surface area contributed by atoms with Crippen molar-refractivity contribution in [1.29, 1.82) is 0 Å². The number of aromatic hydroxyl groups is 1. The van der Waals surface area contributed by atoms with Crippen molar-refractivity contribution in [3.8, 4) is 11.5 Å². The van der Waals surface area contributed by atoms with Gasteiger partial charge in [-0.1, -0.05) is 0 Å². The van der Waals surface area contributed by atoms with Crippen molar-refractivity contribution in [1.82, 2.24) is 9.88 Å². The van der Waals surface area contributed by atoms with Crippen LogP contribution in [0.1, 0.15) is 23.3 Å². The van der Waals surface area contributed by atoms with Gasteiger partial charge in [0.15, 0.2) is 17.3 Å². The second-order valence-corrected chi connectivity index (χ2v) is 7.32. The summed E-state index contributed by atoms with van der Waals surface area (Å²) >= 11 is 0. The van der Waals surface area contributed by atoms with Crippen LogP contribution in [-0.2, 0) is 0 Å². The van der Waals surface area contributed by atoms with Crippen LogP contribution in [0, 0.1) is 23.5 Å². The van der Waals surface area contributed by atoms with Crippen LogP contribution in [-0.4, -0.2) is 46.5 Å². The molecule has 7 heteroatoms. The highest BCUT2D eigenvalue weighted by molar-refractivity contribution is 5.95. The topological polar surface area (TPSA) is 62.7 Å². The van der Waals surface area contributed by atoms with Gasteiger partial charge < -0.3 is 9.84 Å². The number of aromatic nitrogens is 1. The molecule has 0 bridgehead atoms. The van der Waals surface area contributed by atoms with Crippen LogP contribution >= 0.6 is 0 Å². The zero-order chi connectivity index (χ0) is 19.0. The predicted molar refractivity (Wildman–Crippen MR) is 93.7 cm³/mol. The Morgan fingerprint density at radius 2 is 1.85 bits per heavy atom. The molecule has 27 heavy (non-hydrogen) atoms. The van der Waals surface area contributed by atoms with E-state index in [1.807, 2.05) is 0 Å². The van der Waals surface area contributed by atoms with Gasteiger partial charge in [-0.2, -0.15) is 0 Å².